The van der Waals surface area contributed by atoms with Crippen molar-refractivity contribution in [3.8, 4) is 5.75 Å². The standard InChI is InChI=1S/C17H14BrF2N5O/c18-11-7-5-10(6-8-11)14-9-13(21-17-22-23-24-25(14)17)12-3-1-2-4-15(12)26-16(19)20/h1-8,13-14,16H,9H2,(H,21,22,24)/t13-,14+/m0/s1. The monoisotopic (exact) mass is 421 g/mol. The van der Waals surface area contributed by atoms with Crippen LogP contribution in [-0.4, -0.2) is 26.8 Å². The lowest BCUT2D eigenvalue weighted by molar-refractivity contribution is -0.0506. The summed E-state index contributed by atoms with van der Waals surface area (Å²) in [6.07, 6.45) is 0.587. The molecule has 0 saturated heterocycles. The van der Waals surface area contributed by atoms with Gasteiger partial charge in [-0.1, -0.05) is 51.4 Å². The van der Waals surface area contributed by atoms with Crippen molar-refractivity contribution in [3.05, 3.63) is 64.1 Å². The van der Waals surface area contributed by atoms with Gasteiger partial charge in [0.15, 0.2) is 0 Å². The number of nitrogens with one attached hydrogen (secondary N) is 1. The summed E-state index contributed by atoms with van der Waals surface area (Å²) in [5, 5.41) is 15.0. The van der Waals surface area contributed by atoms with Gasteiger partial charge in [0.05, 0.1) is 12.1 Å². The molecule has 2 heterocycles. The number of ether oxygens (including phenoxy) is 1. The number of halogens is 3. The first-order chi connectivity index (χ1) is 12.6. The molecule has 1 aromatic heterocycles. The zero-order valence-corrected chi connectivity index (χ0v) is 15.0. The maximum Gasteiger partial charge on any atom is 0.387 e. The maximum absolute atomic E-state index is 12.8. The van der Waals surface area contributed by atoms with E-state index in [1.165, 1.54) is 6.07 Å². The first-order valence-electron chi connectivity index (χ1n) is 7.95. The second kappa shape index (κ2) is 6.99. The Kier molecular flexibility index (Phi) is 4.54. The number of alkyl halides is 2. The number of anilines is 1. The summed E-state index contributed by atoms with van der Waals surface area (Å²) in [5.74, 6) is 0.636. The molecule has 0 saturated carbocycles. The highest BCUT2D eigenvalue weighted by Gasteiger charge is 2.32. The summed E-state index contributed by atoms with van der Waals surface area (Å²) in [4.78, 5) is 0. The van der Waals surface area contributed by atoms with Crippen molar-refractivity contribution in [2.75, 3.05) is 5.32 Å². The van der Waals surface area contributed by atoms with Gasteiger partial charge in [0, 0.05) is 10.0 Å². The molecule has 6 nitrogen and oxygen atoms in total. The summed E-state index contributed by atoms with van der Waals surface area (Å²) < 4.78 is 32.9. The van der Waals surface area contributed by atoms with E-state index in [4.69, 9.17) is 0 Å². The van der Waals surface area contributed by atoms with Crippen LogP contribution in [0.15, 0.2) is 53.0 Å². The molecule has 1 aliphatic rings. The van der Waals surface area contributed by atoms with E-state index < -0.39 is 6.61 Å². The van der Waals surface area contributed by atoms with Crippen LogP contribution in [0.2, 0.25) is 0 Å². The minimum atomic E-state index is -2.88. The number of benzene rings is 2. The van der Waals surface area contributed by atoms with Crippen molar-refractivity contribution >= 4 is 21.9 Å². The van der Waals surface area contributed by atoms with Crippen LogP contribution in [0.1, 0.15) is 29.6 Å². The van der Waals surface area contributed by atoms with Crippen LogP contribution in [0.25, 0.3) is 0 Å². The summed E-state index contributed by atoms with van der Waals surface area (Å²) in [5.41, 5.74) is 1.67. The highest BCUT2D eigenvalue weighted by Crippen LogP contribution is 2.40. The summed E-state index contributed by atoms with van der Waals surface area (Å²) in [7, 11) is 0. The normalized spacial score (nSPS) is 19.1. The molecule has 9 heteroatoms. The number of para-hydroxylation sites is 1. The molecule has 0 bridgehead atoms. The Balaban J connectivity index is 1.71. The lowest BCUT2D eigenvalue weighted by atomic mass is 9.93. The highest BCUT2D eigenvalue weighted by molar-refractivity contribution is 9.10. The van der Waals surface area contributed by atoms with Gasteiger partial charge in [-0.2, -0.15) is 8.78 Å². The van der Waals surface area contributed by atoms with E-state index in [0.29, 0.717) is 17.9 Å². The van der Waals surface area contributed by atoms with Gasteiger partial charge in [0.25, 0.3) is 0 Å². The smallest absolute Gasteiger partial charge is 0.387 e. The molecule has 26 heavy (non-hydrogen) atoms. The third kappa shape index (κ3) is 3.26. The molecule has 1 aliphatic heterocycles. The Bertz CT molecular complexity index is 902. The number of hydrogen-bond donors (Lipinski definition) is 1. The molecule has 0 fully saturated rings. The van der Waals surface area contributed by atoms with Crippen molar-refractivity contribution in [1.82, 2.24) is 20.2 Å². The Morgan fingerprint density at radius 3 is 2.69 bits per heavy atom. The zero-order chi connectivity index (χ0) is 18.1. The molecule has 4 rings (SSSR count). The second-order valence-electron chi connectivity index (χ2n) is 5.86. The van der Waals surface area contributed by atoms with Gasteiger partial charge < -0.3 is 10.1 Å². The van der Waals surface area contributed by atoms with Gasteiger partial charge in [-0.25, -0.2) is 4.68 Å². The molecule has 1 N–H and O–H groups in total. The van der Waals surface area contributed by atoms with Crippen molar-refractivity contribution < 1.29 is 13.5 Å². The van der Waals surface area contributed by atoms with Gasteiger partial charge in [-0.3, -0.25) is 0 Å². The number of tetrazole rings is 1. The Hall–Kier alpha value is -2.55. The lowest BCUT2D eigenvalue weighted by Gasteiger charge is -2.31. The Morgan fingerprint density at radius 2 is 1.92 bits per heavy atom. The largest absolute Gasteiger partial charge is 0.434 e. The van der Waals surface area contributed by atoms with Gasteiger partial charge >= 0.3 is 6.61 Å². The lowest BCUT2D eigenvalue weighted by Crippen LogP contribution is -2.28. The molecule has 2 atom stereocenters. The van der Waals surface area contributed by atoms with Crippen LogP contribution in [-0.2, 0) is 0 Å². The minimum absolute atomic E-state index is 0.126. The Morgan fingerprint density at radius 1 is 1.15 bits per heavy atom. The van der Waals surface area contributed by atoms with Gasteiger partial charge in [-0.05, 0) is 40.6 Å². The molecule has 0 amide bonds. The predicted octanol–water partition coefficient (Wildman–Crippen LogP) is 4.18. The molecular weight excluding hydrogens is 408 g/mol. The summed E-state index contributed by atoms with van der Waals surface area (Å²) >= 11 is 3.43. The SMILES string of the molecule is FC(F)Oc1ccccc1[C@@H]1C[C@H](c2ccc(Br)cc2)n2nnnc2N1. The van der Waals surface area contributed by atoms with Crippen LogP contribution in [0.3, 0.4) is 0 Å². The quantitative estimate of drug-likeness (QED) is 0.684. The first kappa shape index (κ1) is 16.9. The maximum atomic E-state index is 12.8. The van der Waals surface area contributed by atoms with E-state index in [9.17, 15) is 8.78 Å². The van der Waals surface area contributed by atoms with Crippen LogP contribution in [0.5, 0.6) is 5.75 Å². The van der Waals surface area contributed by atoms with E-state index in [2.05, 4.69) is 41.5 Å². The fourth-order valence-electron chi connectivity index (χ4n) is 3.18. The van der Waals surface area contributed by atoms with Crippen LogP contribution < -0.4 is 10.1 Å². The van der Waals surface area contributed by atoms with Crippen LogP contribution >= 0.6 is 15.9 Å². The van der Waals surface area contributed by atoms with Crippen LogP contribution in [0.4, 0.5) is 14.7 Å². The summed E-state index contributed by atoms with van der Waals surface area (Å²) in [6.45, 7) is -2.88. The molecule has 0 radical (unpaired) electrons. The molecule has 0 spiro atoms. The van der Waals surface area contributed by atoms with E-state index >= 15 is 0 Å². The molecular formula is C17H14BrF2N5O. The molecule has 0 unspecified atom stereocenters. The van der Waals surface area contributed by atoms with Gasteiger partial charge in [0.2, 0.25) is 5.95 Å². The molecule has 0 aliphatic carbocycles. The number of nitrogens with zero attached hydrogens (tertiary/aromatic N) is 4. The first-order valence-corrected chi connectivity index (χ1v) is 8.74. The molecule has 134 valence electrons. The zero-order valence-electron chi connectivity index (χ0n) is 13.4. The highest BCUT2D eigenvalue weighted by atomic mass is 79.9. The van der Waals surface area contributed by atoms with Crippen molar-refractivity contribution in [2.24, 2.45) is 0 Å². The number of rotatable bonds is 4. The van der Waals surface area contributed by atoms with E-state index in [1.54, 1.807) is 22.9 Å². The van der Waals surface area contributed by atoms with Gasteiger partial charge in [-0.15, -0.1) is 0 Å². The molecule has 3 aromatic rings. The Labute approximate surface area is 156 Å². The fourth-order valence-corrected chi connectivity index (χ4v) is 3.44. The fraction of sp³-hybridized carbons (Fsp3) is 0.235. The number of hydrogen-bond acceptors (Lipinski definition) is 5. The van der Waals surface area contributed by atoms with E-state index in [-0.39, 0.29) is 17.8 Å². The minimum Gasteiger partial charge on any atom is -0.434 e. The van der Waals surface area contributed by atoms with E-state index in [1.807, 2.05) is 24.3 Å². The van der Waals surface area contributed by atoms with Crippen molar-refractivity contribution in [2.45, 2.75) is 25.1 Å². The molecule has 2 aromatic carbocycles. The average molecular weight is 422 g/mol. The van der Waals surface area contributed by atoms with Crippen molar-refractivity contribution in [1.29, 1.82) is 0 Å². The number of aromatic nitrogens is 4. The van der Waals surface area contributed by atoms with E-state index in [0.717, 1.165) is 10.0 Å². The summed E-state index contributed by atoms with van der Waals surface area (Å²) in [6, 6.07) is 14.3. The topological polar surface area (TPSA) is 64.9 Å². The van der Waals surface area contributed by atoms with Crippen LogP contribution in [0, 0.1) is 0 Å². The van der Waals surface area contributed by atoms with Crippen molar-refractivity contribution in [3.63, 3.8) is 0 Å². The number of fused-ring (bicyclic) bond motifs is 1. The second-order valence-corrected chi connectivity index (χ2v) is 6.78. The third-order valence-electron chi connectivity index (χ3n) is 4.32. The van der Waals surface area contributed by atoms with Gasteiger partial charge in [0.1, 0.15) is 5.75 Å². The predicted molar refractivity (Wildman–Crippen MR) is 94.2 cm³/mol. The average Bonchev–Trinajstić information content (AvgIpc) is 3.10. The third-order valence-corrected chi connectivity index (χ3v) is 4.84.